The lowest BCUT2D eigenvalue weighted by atomic mass is 10.1. The van der Waals surface area contributed by atoms with Crippen LogP contribution >= 0.6 is 23.4 Å². The van der Waals surface area contributed by atoms with Gasteiger partial charge in [0.1, 0.15) is 5.58 Å². The highest BCUT2D eigenvalue weighted by Crippen LogP contribution is 2.27. The number of carbonyl (C=O) groups excluding carboxylic acids is 1. The van der Waals surface area contributed by atoms with Gasteiger partial charge in [-0.3, -0.25) is 4.79 Å². The first kappa shape index (κ1) is 16.2. The van der Waals surface area contributed by atoms with Gasteiger partial charge in [-0.2, -0.15) is 11.8 Å². The fourth-order valence-electron chi connectivity index (χ4n) is 2.12. The first-order valence-corrected chi connectivity index (χ1v) is 8.29. The molecule has 1 aromatic carbocycles. The normalized spacial score (nSPS) is 14.1. The molecule has 21 heavy (non-hydrogen) atoms. The van der Waals surface area contributed by atoms with Crippen molar-refractivity contribution in [3.05, 3.63) is 34.5 Å². The zero-order valence-corrected chi connectivity index (χ0v) is 13.8. The minimum Gasteiger partial charge on any atom is -0.451 e. The molecule has 1 aromatic heterocycles. The highest BCUT2D eigenvalue weighted by molar-refractivity contribution is 7.98. The van der Waals surface area contributed by atoms with Crippen molar-refractivity contribution >= 4 is 40.2 Å². The Bertz CT molecular complexity index is 666. The van der Waals surface area contributed by atoms with Gasteiger partial charge in [0.2, 0.25) is 0 Å². The maximum atomic E-state index is 12.2. The third-order valence-corrected chi connectivity index (χ3v) is 4.34. The summed E-state index contributed by atoms with van der Waals surface area (Å²) < 4.78 is 5.58. The largest absolute Gasteiger partial charge is 0.451 e. The van der Waals surface area contributed by atoms with Crippen LogP contribution in [0.1, 0.15) is 23.0 Å². The number of rotatable bonds is 5. The van der Waals surface area contributed by atoms with E-state index >= 15 is 0 Å². The molecule has 0 bridgehead atoms. The molecular weight excluding hydrogens is 310 g/mol. The van der Waals surface area contributed by atoms with Crippen molar-refractivity contribution in [3.8, 4) is 0 Å². The van der Waals surface area contributed by atoms with Gasteiger partial charge in [0, 0.05) is 28.3 Å². The minimum atomic E-state index is -0.946. The van der Waals surface area contributed by atoms with E-state index in [4.69, 9.17) is 16.0 Å². The topological polar surface area (TPSA) is 62.5 Å². The van der Waals surface area contributed by atoms with Gasteiger partial charge >= 0.3 is 0 Å². The Morgan fingerprint density at radius 2 is 2.24 bits per heavy atom. The molecule has 1 heterocycles. The fraction of sp³-hybridized carbons (Fsp3) is 0.400. The average Bonchev–Trinajstić information content (AvgIpc) is 2.73. The molecule has 0 radical (unpaired) electrons. The van der Waals surface area contributed by atoms with E-state index in [1.165, 1.54) is 11.8 Å². The Morgan fingerprint density at radius 1 is 1.52 bits per heavy atom. The van der Waals surface area contributed by atoms with Crippen molar-refractivity contribution in [2.75, 3.05) is 18.6 Å². The van der Waals surface area contributed by atoms with Crippen molar-refractivity contribution in [2.45, 2.75) is 19.4 Å². The number of thioether (sulfide) groups is 1. The number of halogens is 1. The average molecular weight is 328 g/mol. The van der Waals surface area contributed by atoms with Crippen LogP contribution in [0.3, 0.4) is 0 Å². The number of nitrogens with one attached hydrogen (secondary N) is 1. The fourth-order valence-corrected chi connectivity index (χ4v) is 3.02. The second-order valence-corrected chi connectivity index (χ2v) is 6.61. The van der Waals surface area contributed by atoms with Gasteiger partial charge in [-0.25, -0.2) is 0 Å². The molecule has 2 rings (SSSR count). The number of amides is 1. The summed E-state index contributed by atoms with van der Waals surface area (Å²) in [6.07, 6.45) is 1.91. The van der Waals surface area contributed by atoms with Crippen molar-refractivity contribution in [1.82, 2.24) is 5.32 Å². The number of fused-ring (bicyclic) bond motifs is 1. The number of aliphatic hydroxyl groups is 1. The van der Waals surface area contributed by atoms with Crippen LogP contribution in [0.4, 0.5) is 0 Å². The van der Waals surface area contributed by atoms with Crippen molar-refractivity contribution in [2.24, 2.45) is 0 Å². The van der Waals surface area contributed by atoms with Crippen LogP contribution in [0.15, 0.2) is 22.6 Å². The second kappa shape index (κ2) is 6.30. The van der Waals surface area contributed by atoms with Gasteiger partial charge in [-0.1, -0.05) is 11.6 Å². The van der Waals surface area contributed by atoms with Gasteiger partial charge < -0.3 is 14.8 Å². The molecule has 0 aliphatic rings. The monoisotopic (exact) mass is 327 g/mol. The summed E-state index contributed by atoms with van der Waals surface area (Å²) in [6, 6.07) is 5.24. The molecule has 1 amide bonds. The molecule has 0 aliphatic heterocycles. The second-order valence-electron chi connectivity index (χ2n) is 5.31. The number of carbonyl (C=O) groups is 1. The molecule has 0 fully saturated rings. The number of benzene rings is 1. The standard InChI is InChI=1S/C15H18ClNO3S/c1-9-11-6-10(16)4-5-12(11)20-13(9)14(18)17-7-15(2,19)8-21-3/h4-6,19H,7-8H2,1-3H3,(H,17,18). The third-order valence-electron chi connectivity index (χ3n) is 3.19. The van der Waals surface area contributed by atoms with Crippen LogP contribution < -0.4 is 5.32 Å². The van der Waals surface area contributed by atoms with Gasteiger partial charge in [0.15, 0.2) is 5.76 Å². The lowest BCUT2D eigenvalue weighted by Gasteiger charge is -2.22. The van der Waals surface area contributed by atoms with Crippen LogP contribution in [0.5, 0.6) is 0 Å². The van der Waals surface area contributed by atoms with Gasteiger partial charge in [0.05, 0.1) is 5.60 Å². The van der Waals surface area contributed by atoms with E-state index in [0.717, 1.165) is 10.9 Å². The molecule has 6 heteroatoms. The summed E-state index contributed by atoms with van der Waals surface area (Å²) in [5.41, 5.74) is 0.422. The summed E-state index contributed by atoms with van der Waals surface area (Å²) in [7, 11) is 0. The molecule has 2 N–H and O–H groups in total. The number of hydrogen-bond donors (Lipinski definition) is 2. The lowest BCUT2D eigenvalue weighted by Crippen LogP contribution is -2.42. The van der Waals surface area contributed by atoms with Gasteiger partial charge in [0.25, 0.3) is 5.91 Å². The maximum absolute atomic E-state index is 12.2. The SMILES string of the molecule is CSCC(C)(O)CNC(=O)c1oc2ccc(Cl)cc2c1C. The Kier molecular flexibility index (Phi) is 4.86. The van der Waals surface area contributed by atoms with Crippen LogP contribution in [0.25, 0.3) is 11.0 Å². The summed E-state index contributed by atoms with van der Waals surface area (Å²) >= 11 is 7.48. The summed E-state index contributed by atoms with van der Waals surface area (Å²) in [6.45, 7) is 3.68. The van der Waals surface area contributed by atoms with Crippen LogP contribution in [-0.4, -0.2) is 35.2 Å². The Morgan fingerprint density at radius 3 is 2.90 bits per heavy atom. The smallest absolute Gasteiger partial charge is 0.287 e. The molecule has 2 aromatic rings. The highest BCUT2D eigenvalue weighted by Gasteiger charge is 2.23. The molecule has 114 valence electrons. The molecule has 0 saturated heterocycles. The lowest BCUT2D eigenvalue weighted by molar-refractivity contribution is 0.0710. The molecule has 0 spiro atoms. The maximum Gasteiger partial charge on any atom is 0.287 e. The molecule has 4 nitrogen and oxygen atoms in total. The zero-order chi connectivity index (χ0) is 15.6. The predicted octanol–water partition coefficient (Wildman–Crippen LogP) is 3.24. The molecule has 1 atom stereocenters. The van der Waals surface area contributed by atoms with Crippen molar-refractivity contribution in [1.29, 1.82) is 0 Å². The zero-order valence-electron chi connectivity index (χ0n) is 12.2. The minimum absolute atomic E-state index is 0.171. The number of furan rings is 1. The van der Waals surface area contributed by atoms with Gasteiger partial charge in [-0.05, 0) is 38.3 Å². The summed E-state index contributed by atoms with van der Waals surface area (Å²) in [5.74, 6) is 0.468. The van der Waals surface area contributed by atoms with Crippen molar-refractivity contribution < 1.29 is 14.3 Å². The summed E-state index contributed by atoms with van der Waals surface area (Å²) in [5, 5.41) is 14.2. The Balaban J connectivity index is 2.18. The first-order valence-electron chi connectivity index (χ1n) is 6.52. The molecule has 0 aliphatic carbocycles. The summed E-state index contributed by atoms with van der Waals surface area (Å²) in [4.78, 5) is 12.2. The van der Waals surface area contributed by atoms with E-state index in [1.807, 2.05) is 13.2 Å². The predicted molar refractivity (Wildman–Crippen MR) is 87.3 cm³/mol. The Labute approximate surface area is 132 Å². The van der Waals surface area contributed by atoms with E-state index in [-0.39, 0.29) is 18.2 Å². The highest BCUT2D eigenvalue weighted by atomic mass is 35.5. The quantitative estimate of drug-likeness (QED) is 0.885. The van der Waals surface area contributed by atoms with E-state index in [9.17, 15) is 9.90 Å². The van der Waals surface area contributed by atoms with E-state index in [1.54, 1.807) is 25.1 Å². The van der Waals surface area contributed by atoms with Crippen LogP contribution in [-0.2, 0) is 0 Å². The van der Waals surface area contributed by atoms with Crippen molar-refractivity contribution in [3.63, 3.8) is 0 Å². The Hall–Kier alpha value is -1.17. The molecular formula is C15H18ClNO3S. The molecule has 0 saturated carbocycles. The first-order chi connectivity index (χ1) is 9.84. The third kappa shape index (κ3) is 3.73. The number of aryl methyl sites for hydroxylation is 1. The number of hydrogen-bond acceptors (Lipinski definition) is 4. The van der Waals surface area contributed by atoms with E-state index in [2.05, 4.69) is 5.32 Å². The van der Waals surface area contributed by atoms with Crippen LogP contribution in [0, 0.1) is 6.92 Å². The van der Waals surface area contributed by atoms with Gasteiger partial charge in [-0.15, -0.1) is 0 Å². The van der Waals surface area contributed by atoms with Crippen LogP contribution in [0.2, 0.25) is 5.02 Å². The van der Waals surface area contributed by atoms with E-state index < -0.39 is 5.60 Å². The van der Waals surface area contributed by atoms with E-state index in [0.29, 0.717) is 16.4 Å². The molecule has 1 unspecified atom stereocenters.